The zero-order chi connectivity index (χ0) is 15.9. The van der Waals surface area contributed by atoms with Crippen molar-refractivity contribution in [3.63, 3.8) is 0 Å². The zero-order valence-electron chi connectivity index (χ0n) is 14.0. The lowest BCUT2D eigenvalue weighted by atomic mass is 9.89. The summed E-state index contributed by atoms with van der Waals surface area (Å²) >= 11 is 2.06. The summed E-state index contributed by atoms with van der Waals surface area (Å²) < 4.78 is 0. The van der Waals surface area contributed by atoms with Gasteiger partial charge >= 0.3 is 0 Å². The monoisotopic (exact) mass is 336 g/mol. The third kappa shape index (κ3) is 2.46. The first kappa shape index (κ1) is 14.9. The normalized spacial score (nSPS) is 25.9. The summed E-state index contributed by atoms with van der Waals surface area (Å²) in [7, 11) is 0. The molecule has 0 unspecified atom stereocenters. The van der Waals surface area contributed by atoms with E-state index in [9.17, 15) is 0 Å². The maximum absolute atomic E-state index is 2.76. The van der Waals surface area contributed by atoms with E-state index in [1.165, 1.54) is 48.7 Å². The molecule has 0 aliphatic carbocycles. The Balaban J connectivity index is 1.43. The predicted molar refractivity (Wildman–Crippen MR) is 102 cm³/mol. The summed E-state index contributed by atoms with van der Waals surface area (Å²) in [5.74, 6) is 1.96. The third-order valence-corrected chi connectivity index (χ3v) is 6.96. The molecule has 2 aromatic carbocycles. The lowest BCUT2D eigenvalue weighted by molar-refractivity contribution is 0.186. The smallest absolute Gasteiger partial charge is 0.0543 e. The van der Waals surface area contributed by atoms with Crippen LogP contribution in [0.25, 0.3) is 0 Å². The Kier molecular flexibility index (Phi) is 3.79. The second-order valence-electron chi connectivity index (χ2n) is 7.27. The van der Waals surface area contributed by atoms with E-state index in [1.807, 2.05) is 0 Å². The van der Waals surface area contributed by atoms with Crippen LogP contribution in [0.4, 0.5) is 5.69 Å². The molecule has 1 fully saturated rings. The number of likely N-dealkylation sites (tertiary alicyclic amines) is 1. The van der Waals surface area contributed by atoms with Crippen LogP contribution in [0.3, 0.4) is 0 Å². The van der Waals surface area contributed by atoms with E-state index >= 15 is 0 Å². The summed E-state index contributed by atoms with van der Waals surface area (Å²) in [6, 6.07) is 18.7. The molecule has 3 aliphatic heterocycles. The lowest BCUT2D eigenvalue weighted by Gasteiger charge is -2.39. The molecule has 0 N–H and O–H groups in total. The van der Waals surface area contributed by atoms with Crippen molar-refractivity contribution in [2.45, 2.75) is 36.2 Å². The number of rotatable bonds is 2. The third-order valence-electron chi connectivity index (χ3n) is 5.83. The first-order valence-corrected chi connectivity index (χ1v) is 10.2. The van der Waals surface area contributed by atoms with Crippen molar-refractivity contribution in [3.8, 4) is 0 Å². The molecule has 1 saturated heterocycles. The van der Waals surface area contributed by atoms with Crippen LogP contribution in [0.2, 0.25) is 0 Å². The van der Waals surface area contributed by atoms with Crippen LogP contribution in [0.15, 0.2) is 53.4 Å². The number of hydrogen-bond donors (Lipinski definition) is 0. The first-order chi connectivity index (χ1) is 11.9. The van der Waals surface area contributed by atoms with Gasteiger partial charge in [-0.2, -0.15) is 0 Å². The Morgan fingerprint density at radius 2 is 1.92 bits per heavy atom. The van der Waals surface area contributed by atoms with Gasteiger partial charge in [-0.1, -0.05) is 42.5 Å². The van der Waals surface area contributed by atoms with Crippen molar-refractivity contribution in [1.29, 1.82) is 0 Å². The van der Waals surface area contributed by atoms with Crippen molar-refractivity contribution in [1.82, 2.24) is 4.90 Å². The quantitative estimate of drug-likeness (QED) is 0.804. The number of benzene rings is 2. The zero-order valence-corrected chi connectivity index (χ0v) is 14.8. The molecule has 0 radical (unpaired) electrons. The summed E-state index contributed by atoms with van der Waals surface area (Å²) in [6.07, 6.45) is 2.62. The number of fused-ring (bicyclic) bond motifs is 3. The topological polar surface area (TPSA) is 6.48 Å². The highest BCUT2D eigenvalue weighted by Gasteiger charge is 2.43. The van der Waals surface area contributed by atoms with E-state index in [0.29, 0.717) is 5.92 Å². The van der Waals surface area contributed by atoms with Crippen LogP contribution >= 0.6 is 11.8 Å². The van der Waals surface area contributed by atoms with Gasteiger partial charge in [-0.15, -0.1) is 11.8 Å². The van der Waals surface area contributed by atoms with E-state index < -0.39 is 0 Å². The molecule has 2 aromatic rings. The molecule has 3 aliphatic rings. The van der Waals surface area contributed by atoms with Crippen molar-refractivity contribution in [2.24, 2.45) is 0 Å². The minimum Gasteiger partial charge on any atom is -0.367 e. The molecule has 5 rings (SSSR count). The number of thioether (sulfide) groups is 1. The van der Waals surface area contributed by atoms with Crippen LogP contribution in [-0.4, -0.2) is 36.3 Å². The van der Waals surface area contributed by atoms with Gasteiger partial charge in [0.1, 0.15) is 0 Å². The minimum absolute atomic E-state index is 0.691. The van der Waals surface area contributed by atoms with Gasteiger partial charge in [-0.25, -0.2) is 0 Å². The van der Waals surface area contributed by atoms with Crippen molar-refractivity contribution in [2.75, 3.05) is 30.3 Å². The Bertz CT molecular complexity index is 730. The molecule has 3 heteroatoms. The maximum atomic E-state index is 2.76. The fraction of sp³-hybridized carbons (Fsp3) is 0.429. The Hall–Kier alpha value is -1.45. The van der Waals surface area contributed by atoms with Gasteiger partial charge in [0.2, 0.25) is 0 Å². The van der Waals surface area contributed by atoms with Crippen LogP contribution in [0.1, 0.15) is 29.9 Å². The number of nitrogens with zero attached hydrogens (tertiary/aromatic N) is 2. The fourth-order valence-electron chi connectivity index (χ4n) is 4.79. The van der Waals surface area contributed by atoms with Gasteiger partial charge in [0.25, 0.3) is 0 Å². The summed E-state index contributed by atoms with van der Waals surface area (Å²) in [5.41, 5.74) is 4.64. The van der Waals surface area contributed by atoms with Gasteiger partial charge in [0.15, 0.2) is 0 Å². The summed E-state index contributed by atoms with van der Waals surface area (Å²) in [4.78, 5) is 6.94. The molecule has 0 saturated carbocycles. The average Bonchev–Trinajstić information content (AvgIpc) is 2.78. The molecule has 0 bridgehead atoms. The predicted octanol–water partition coefficient (Wildman–Crippen LogP) is 4.36. The van der Waals surface area contributed by atoms with Crippen LogP contribution in [0, 0.1) is 0 Å². The second-order valence-corrected chi connectivity index (χ2v) is 8.41. The fourth-order valence-corrected chi connectivity index (χ4v) is 5.83. The van der Waals surface area contributed by atoms with E-state index in [-0.39, 0.29) is 0 Å². The molecular formula is C21H24N2S. The SMILES string of the molecule is c1ccc(CN2CC[C@@H]3[C@H](C2)c2cccc4c2N3CCCS4)cc1. The highest BCUT2D eigenvalue weighted by molar-refractivity contribution is 7.99. The molecule has 0 aromatic heterocycles. The van der Waals surface area contributed by atoms with Crippen LogP contribution < -0.4 is 4.90 Å². The molecule has 2 atom stereocenters. The Morgan fingerprint density at radius 3 is 2.83 bits per heavy atom. The van der Waals surface area contributed by atoms with Crippen LogP contribution in [-0.2, 0) is 6.54 Å². The van der Waals surface area contributed by atoms with E-state index in [1.54, 1.807) is 11.3 Å². The van der Waals surface area contributed by atoms with Crippen molar-refractivity contribution in [3.05, 3.63) is 59.7 Å². The van der Waals surface area contributed by atoms with Gasteiger partial charge in [-0.05, 0) is 35.8 Å². The molecule has 0 amide bonds. The first-order valence-electron chi connectivity index (χ1n) is 9.19. The molecule has 124 valence electrons. The summed E-state index contributed by atoms with van der Waals surface area (Å²) in [5, 5.41) is 0. The number of hydrogen-bond acceptors (Lipinski definition) is 3. The van der Waals surface area contributed by atoms with Crippen molar-refractivity contribution >= 4 is 17.4 Å². The van der Waals surface area contributed by atoms with Gasteiger partial charge < -0.3 is 4.90 Å². The van der Waals surface area contributed by atoms with Gasteiger partial charge in [0, 0.05) is 43.0 Å². The highest BCUT2D eigenvalue weighted by atomic mass is 32.2. The number of para-hydroxylation sites is 1. The van der Waals surface area contributed by atoms with Gasteiger partial charge in [-0.3, -0.25) is 4.90 Å². The molecule has 24 heavy (non-hydrogen) atoms. The van der Waals surface area contributed by atoms with E-state index in [4.69, 9.17) is 0 Å². The standard InChI is InChI=1S/C21H24N2S/c1-2-6-16(7-3-1)14-22-12-10-19-18(15-22)17-8-4-9-20-21(17)23(19)11-5-13-24-20/h1-4,6-9,18-19H,5,10-15H2/t18-,19-/m1/s1. The number of anilines is 1. The molecule has 2 nitrogen and oxygen atoms in total. The average molecular weight is 337 g/mol. The van der Waals surface area contributed by atoms with E-state index in [0.717, 1.165) is 12.6 Å². The minimum atomic E-state index is 0.691. The Labute approximate surface area is 148 Å². The number of piperidine rings is 1. The largest absolute Gasteiger partial charge is 0.367 e. The Morgan fingerprint density at radius 1 is 1.00 bits per heavy atom. The highest BCUT2D eigenvalue weighted by Crippen LogP contribution is 2.50. The second kappa shape index (κ2) is 6.12. The van der Waals surface area contributed by atoms with Crippen molar-refractivity contribution < 1.29 is 0 Å². The van der Waals surface area contributed by atoms with Gasteiger partial charge in [0.05, 0.1) is 5.69 Å². The molecule has 3 heterocycles. The molecular weight excluding hydrogens is 312 g/mol. The summed E-state index contributed by atoms with van der Waals surface area (Å²) in [6.45, 7) is 4.77. The van der Waals surface area contributed by atoms with Crippen LogP contribution in [0.5, 0.6) is 0 Å². The molecule has 0 spiro atoms. The maximum Gasteiger partial charge on any atom is 0.0543 e. The lowest BCUT2D eigenvalue weighted by Crippen LogP contribution is -2.46. The van der Waals surface area contributed by atoms with E-state index in [2.05, 4.69) is 70.1 Å².